The van der Waals surface area contributed by atoms with Crippen molar-refractivity contribution in [1.82, 2.24) is 0 Å². The van der Waals surface area contributed by atoms with E-state index in [0.29, 0.717) is 0 Å². The highest BCUT2D eigenvalue weighted by molar-refractivity contribution is 5.79. The third-order valence-electron chi connectivity index (χ3n) is 3.18. The Labute approximate surface area is 111 Å². The molecule has 3 rings (SSSR count). The van der Waals surface area contributed by atoms with Crippen LogP contribution in [0.1, 0.15) is 17.3 Å². The number of benzene rings is 2. The van der Waals surface area contributed by atoms with Crippen molar-refractivity contribution in [3.63, 3.8) is 0 Å². The number of rotatable bonds is 0. The minimum atomic E-state index is -2.70. The Kier molecular flexibility index (Phi) is 2.76. The average molecular weight is 309 g/mol. The van der Waals surface area contributed by atoms with Gasteiger partial charge < -0.3 is 0 Å². The smallest absolute Gasteiger partial charge is 0.198 e. The van der Waals surface area contributed by atoms with E-state index >= 15 is 0 Å². The Bertz CT molecular complexity index is 796. The van der Waals surface area contributed by atoms with Crippen LogP contribution >= 0.6 is 0 Å². The zero-order valence-corrected chi connectivity index (χ0v) is 9.60. The maximum atomic E-state index is 14.0. The molecule has 21 heavy (non-hydrogen) atoms. The number of hydrogen-bond acceptors (Lipinski definition) is 0. The predicted molar refractivity (Wildman–Crippen MR) is 53.4 cm³/mol. The molecule has 2 aromatic rings. The highest BCUT2D eigenvalue weighted by Crippen LogP contribution is 2.50. The summed E-state index contributed by atoms with van der Waals surface area (Å²) in [5, 5.41) is 0. The van der Waals surface area contributed by atoms with Crippen molar-refractivity contribution >= 4 is 0 Å². The standard InChI is InChI=1S/C13HF8/c14-3-1-2-4(9(17)8(3)16)5-6(7(2)15)11(19)13(21)12(20)10(5)18/h7H. The fraction of sp³-hybridized carbons (Fsp3) is 0.0769. The molecule has 1 aliphatic rings. The van der Waals surface area contributed by atoms with E-state index in [2.05, 4.69) is 0 Å². The highest BCUT2D eigenvalue weighted by Gasteiger charge is 2.41. The molecule has 0 N–H and O–H groups in total. The lowest BCUT2D eigenvalue weighted by atomic mass is 10.0. The van der Waals surface area contributed by atoms with Gasteiger partial charge in [-0.2, -0.15) is 0 Å². The van der Waals surface area contributed by atoms with E-state index in [-0.39, 0.29) is 0 Å². The molecule has 0 amide bonds. The largest absolute Gasteiger partial charge is 0.237 e. The summed E-state index contributed by atoms with van der Waals surface area (Å²) >= 11 is 0. The Morgan fingerprint density at radius 2 is 1.14 bits per heavy atom. The number of hydrogen-bond donors (Lipinski definition) is 0. The van der Waals surface area contributed by atoms with Crippen molar-refractivity contribution in [2.24, 2.45) is 0 Å². The van der Waals surface area contributed by atoms with Crippen molar-refractivity contribution in [3.05, 3.63) is 57.9 Å². The summed E-state index contributed by atoms with van der Waals surface area (Å²) in [5.41, 5.74) is -4.96. The Balaban J connectivity index is 2.51. The molecule has 1 atom stereocenters. The molecule has 0 nitrogen and oxygen atoms in total. The Morgan fingerprint density at radius 3 is 1.76 bits per heavy atom. The van der Waals surface area contributed by atoms with Crippen LogP contribution in [0.4, 0.5) is 35.1 Å². The summed E-state index contributed by atoms with van der Waals surface area (Å²) in [6.45, 7) is 0. The van der Waals surface area contributed by atoms with Gasteiger partial charge >= 0.3 is 0 Å². The number of fused-ring (bicyclic) bond motifs is 3. The molecule has 2 aromatic carbocycles. The second-order valence-corrected chi connectivity index (χ2v) is 4.26. The summed E-state index contributed by atoms with van der Waals surface area (Å²) in [5.74, 6) is -14.9. The molecule has 0 fully saturated rings. The Morgan fingerprint density at radius 1 is 0.619 bits per heavy atom. The molecule has 1 aliphatic carbocycles. The zero-order chi connectivity index (χ0) is 15.6. The molecular weight excluding hydrogens is 308 g/mol. The molecule has 0 aromatic heterocycles. The van der Waals surface area contributed by atoms with E-state index in [9.17, 15) is 35.1 Å². The zero-order valence-electron chi connectivity index (χ0n) is 9.60. The normalized spacial score (nSPS) is 16.1. The average Bonchev–Trinajstić information content (AvgIpc) is 2.74. The minimum Gasteiger partial charge on any atom is -0.237 e. The van der Waals surface area contributed by atoms with E-state index in [1.807, 2.05) is 0 Å². The van der Waals surface area contributed by atoms with Crippen LogP contribution in [-0.2, 0) is 0 Å². The monoisotopic (exact) mass is 309 g/mol. The van der Waals surface area contributed by atoms with Gasteiger partial charge in [0.15, 0.2) is 46.9 Å². The van der Waals surface area contributed by atoms with Gasteiger partial charge in [-0.15, -0.1) is 0 Å². The van der Waals surface area contributed by atoms with Crippen molar-refractivity contribution in [2.45, 2.75) is 6.17 Å². The number of halogens is 8. The van der Waals surface area contributed by atoms with Crippen LogP contribution in [0.2, 0.25) is 0 Å². The van der Waals surface area contributed by atoms with Crippen LogP contribution in [0.25, 0.3) is 11.1 Å². The second-order valence-electron chi connectivity index (χ2n) is 4.26. The fourth-order valence-electron chi connectivity index (χ4n) is 2.27. The van der Waals surface area contributed by atoms with Gasteiger partial charge in [-0.05, 0) is 0 Å². The maximum absolute atomic E-state index is 14.0. The Hall–Kier alpha value is -2.12. The molecule has 1 radical (unpaired) electrons. The van der Waals surface area contributed by atoms with Crippen molar-refractivity contribution < 1.29 is 35.1 Å². The topological polar surface area (TPSA) is 0 Å². The van der Waals surface area contributed by atoms with Crippen LogP contribution in [0, 0.1) is 46.8 Å². The van der Waals surface area contributed by atoms with Crippen molar-refractivity contribution in [1.29, 1.82) is 0 Å². The molecule has 0 aliphatic heterocycles. The number of alkyl halides is 1. The summed E-state index contributed by atoms with van der Waals surface area (Å²) in [7, 11) is 0. The molecule has 0 saturated carbocycles. The lowest BCUT2D eigenvalue weighted by Gasteiger charge is -2.07. The van der Waals surface area contributed by atoms with Crippen LogP contribution < -0.4 is 0 Å². The van der Waals surface area contributed by atoms with Crippen molar-refractivity contribution in [3.8, 4) is 11.1 Å². The third-order valence-corrected chi connectivity index (χ3v) is 3.18. The summed E-state index contributed by atoms with van der Waals surface area (Å²) in [4.78, 5) is 0. The maximum Gasteiger partial charge on any atom is 0.198 e. The first kappa shape index (κ1) is 13.8. The van der Waals surface area contributed by atoms with Gasteiger partial charge in [0.2, 0.25) is 0 Å². The van der Waals surface area contributed by atoms with Crippen LogP contribution in [-0.4, -0.2) is 0 Å². The minimum absolute atomic E-state index is 1.07. The van der Waals surface area contributed by atoms with Gasteiger partial charge in [0.05, 0.1) is 0 Å². The second kappa shape index (κ2) is 4.19. The van der Waals surface area contributed by atoms with Crippen LogP contribution in [0.3, 0.4) is 0 Å². The summed E-state index contributed by atoms with van der Waals surface area (Å²) in [6.07, 6.45) is -2.70. The van der Waals surface area contributed by atoms with Gasteiger partial charge in [0.1, 0.15) is 0 Å². The van der Waals surface area contributed by atoms with Crippen LogP contribution in [0.15, 0.2) is 0 Å². The molecule has 1 unspecified atom stereocenters. The van der Waals surface area contributed by atoms with Crippen LogP contribution in [0.5, 0.6) is 0 Å². The van der Waals surface area contributed by atoms with Gasteiger partial charge in [0.25, 0.3) is 0 Å². The molecule has 0 heterocycles. The molecule has 109 valence electrons. The molecule has 8 heteroatoms. The van der Waals surface area contributed by atoms with Gasteiger partial charge in [-0.25, -0.2) is 35.1 Å². The summed E-state index contributed by atoms with van der Waals surface area (Å²) in [6, 6.07) is 1.45. The van der Waals surface area contributed by atoms with E-state index in [1.165, 1.54) is 6.07 Å². The quantitative estimate of drug-likeness (QED) is 0.382. The van der Waals surface area contributed by atoms with Gasteiger partial charge in [0, 0.05) is 28.3 Å². The summed E-state index contributed by atoms with van der Waals surface area (Å²) < 4.78 is 107. The highest BCUT2D eigenvalue weighted by atomic mass is 19.2. The van der Waals surface area contributed by atoms with Gasteiger partial charge in [-0.3, -0.25) is 0 Å². The molecular formula is C13HF8. The molecule has 0 bridgehead atoms. The van der Waals surface area contributed by atoms with E-state index in [1.54, 1.807) is 0 Å². The van der Waals surface area contributed by atoms with Gasteiger partial charge in [-0.1, -0.05) is 0 Å². The fourth-order valence-corrected chi connectivity index (χ4v) is 2.27. The molecule has 0 saturated heterocycles. The molecule has 0 spiro atoms. The third kappa shape index (κ3) is 1.55. The lowest BCUT2D eigenvalue weighted by Crippen LogP contribution is -2.03. The van der Waals surface area contributed by atoms with Crippen molar-refractivity contribution in [2.75, 3.05) is 0 Å². The van der Waals surface area contributed by atoms with E-state index < -0.39 is 69.1 Å². The first-order valence-electron chi connectivity index (χ1n) is 5.37. The first-order valence-corrected chi connectivity index (χ1v) is 5.37. The SMILES string of the molecule is Fc1[c]c2c(c(F)c1F)-c1c(F)c(F)c(F)c(F)c1C2F. The van der Waals surface area contributed by atoms with E-state index in [0.717, 1.165) is 0 Å². The first-order chi connectivity index (χ1) is 9.77. The van der Waals surface area contributed by atoms with E-state index in [4.69, 9.17) is 0 Å². The predicted octanol–water partition coefficient (Wildman–Crippen LogP) is 4.50. The lowest BCUT2D eigenvalue weighted by molar-refractivity contribution is 0.365.